The summed E-state index contributed by atoms with van der Waals surface area (Å²) in [6, 6.07) is 13.9. The molecule has 0 saturated heterocycles. The lowest BCUT2D eigenvalue weighted by atomic mass is 10.1. The van der Waals surface area contributed by atoms with Crippen LogP contribution in [-0.2, 0) is 4.79 Å². The molecule has 144 valence electrons. The van der Waals surface area contributed by atoms with Crippen molar-refractivity contribution in [3.05, 3.63) is 70.4 Å². The third kappa shape index (κ3) is 4.32. The van der Waals surface area contributed by atoms with E-state index in [2.05, 4.69) is 16.2 Å². The lowest BCUT2D eigenvalue weighted by molar-refractivity contribution is -0.121. The Labute approximate surface area is 166 Å². The number of nitrogens with one attached hydrogen (secondary N) is 3. The molecule has 1 aromatic heterocycles. The van der Waals surface area contributed by atoms with Crippen LogP contribution in [0.5, 0.6) is 0 Å². The number of carbonyl (C=O) groups is 3. The number of para-hydroxylation sites is 1. The zero-order valence-corrected chi connectivity index (χ0v) is 15.8. The number of halogens is 1. The van der Waals surface area contributed by atoms with Gasteiger partial charge in [-0.25, -0.2) is 0 Å². The van der Waals surface area contributed by atoms with E-state index < -0.39 is 11.8 Å². The SMILES string of the molecule is Cc1c(C(=O)NNC(=O)CCNC(=O)c2ccccc2Cl)oc2ccccc12. The third-order valence-corrected chi connectivity index (χ3v) is 4.45. The van der Waals surface area contributed by atoms with E-state index in [4.69, 9.17) is 16.0 Å². The van der Waals surface area contributed by atoms with Crippen LogP contribution in [0.15, 0.2) is 52.9 Å². The molecule has 0 unspecified atom stereocenters. The molecule has 7 nitrogen and oxygen atoms in total. The average molecular weight is 400 g/mol. The van der Waals surface area contributed by atoms with E-state index in [-0.39, 0.29) is 24.6 Å². The zero-order chi connectivity index (χ0) is 20.1. The summed E-state index contributed by atoms with van der Waals surface area (Å²) in [5.74, 6) is -1.25. The number of amides is 3. The van der Waals surface area contributed by atoms with Crippen molar-refractivity contribution >= 4 is 40.3 Å². The maximum Gasteiger partial charge on any atom is 0.305 e. The first-order valence-electron chi connectivity index (χ1n) is 8.57. The normalized spacial score (nSPS) is 10.5. The van der Waals surface area contributed by atoms with Crippen LogP contribution in [0.2, 0.25) is 5.02 Å². The molecule has 0 atom stereocenters. The minimum Gasteiger partial charge on any atom is -0.451 e. The van der Waals surface area contributed by atoms with Crippen molar-refractivity contribution in [2.75, 3.05) is 6.54 Å². The number of hydrogen-bond acceptors (Lipinski definition) is 4. The summed E-state index contributed by atoms with van der Waals surface area (Å²) < 4.78 is 5.53. The van der Waals surface area contributed by atoms with Gasteiger partial charge in [0, 0.05) is 23.9 Å². The van der Waals surface area contributed by atoms with E-state index >= 15 is 0 Å². The molecule has 0 aliphatic heterocycles. The van der Waals surface area contributed by atoms with Crippen molar-refractivity contribution in [3.8, 4) is 0 Å². The predicted molar refractivity (Wildman–Crippen MR) is 105 cm³/mol. The largest absolute Gasteiger partial charge is 0.451 e. The summed E-state index contributed by atoms with van der Waals surface area (Å²) in [4.78, 5) is 36.1. The second-order valence-corrected chi connectivity index (χ2v) is 6.45. The molecular weight excluding hydrogens is 382 g/mol. The first-order valence-corrected chi connectivity index (χ1v) is 8.95. The van der Waals surface area contributed by atoms with Gasteiger partial charge in [0.05, 0.1) is 10.6 Å². The highest BCUT2D eigenvalue weighted by molar-refractivity contribution is 6.33. The van der Waals surface area contributed by atoms with Crippen molar-refractivity contribution in [1.82, 2.24) is 16.2 Å². The molecule has 28 heavy (non-hydrogen) atoms. The fourth-order valence-electron chi connectivity index (χ4n) is 2.67. The molecule has 0 spiro atoms. The quantitative estimate of drug-likeness (QED) is 0.574. The van der Waals surface area contributed by atoms with Crippen molar-refractivity contribution in [2.24, 2.45) is 0 Å². The molecule has 2 aromatic carbocycles. The van der Waals surface area contributed by atoms with E-state index in [9.17, 15) is 14.4 Å². The summed E-state index contributed by atoms with van der Waals surface area (Å²) in [6.07, 6.45) is -0.0183. The highest BCUT2D eigenvalue weighted by Crippen LogP contribution is 2.24. The predicted octanol–water partition coefficient (Wildman–Crippen LogP) is 2.98. The summed E-state index contributed by atoms with van der Waals surface area (Å²) in [6.45, 7) is 1.86. The fourth-order valence-corrected chi connectivity index (χ4v) is 2.89. The Morgan fingerprint density at radius 3 is 2.43 bits per heavy atom. The Balaban J connectivity index is 1.47. The van der Waals surface area contributed by atoms with E-state index in [1.807, 2.05) is 18.2 Å². The summed E-state index contributed by atoms with van der Waals surface area (Å²) in [5, 5.41) is 3.77. The van der Waals surface area contributed by atoms with Crippen LogP contribution in [-0.4, -0.2) is 24.3 Å². The topological polar surface area (TPSA) is 100 Å². The Morgan fingerprint density at radius 1 is 0.964 bits per heavy atom. The molecule has 0 aliphatic carbocycles. The molecular formula is C20H18ClN3O4. The standard InChI is InChI=1S/C20H18ClN3O4/c1-12-13-6-3-5-9-16(13)28-18(12)20(27)24-23-17(25)10-11-22-19(26)14-7-2-4-8-15(14)21/h2-9H,10-11H2,1H3,(H,22,26)(H,23,25)(H,24,27). The van der Waals surface area contributed by atoms with Crippen LogP contribution in [0.4, 0.5) is 0 Å². The lowest BCUT2D eigenvalue weighted by Gasteiger charge is -2.08. The number of fused-ring (bicyclic) bond motifs is 1. The monoisotopic (exact) mass is 399 g/mol. The number of rotatable bonds is 5. The Hall–Kier alpha value is -3.32. The molecule has 0 fully saturated rings. The maximum atomic E-state index is 12.2. The van der Waals surface area contributed by atoms with E-state index in [0.29, 0.717) is 21.7 Å². The fraction of sp³-hybridized carbons (Fsp3) is 0.150. The Morgan fingerprint density at radius 2 is 1.68 bits per heavy atom. The van der Waals surface area contributed by atoms with Gasteiger partial charge >= 0.3 is 5.91 Å². The average Bonchev–Trinajstić information content (AvgIpc) is 3.03. The highest BCUT2D eigenvalue weighted by Gasteiger charge is 2.18. The summed E-state index contributed by atoms with van der Waals surface area (Å²) in [7, 11) is 0. The molecule has 0 bridgehead atoms. The van der Waals surface area contributed by atoms with Gasteiger partial charge in [-0.05, 0) is 25.1 Å². The second-order valence-electron chi connectivity index (χ2n) is 6.04. The smallest absolute Gasteiger partial charge is 0.305 e. The van der Waals surface area contributed by atoms with Gasteiger partial charge in [-0.2, -0.15) is 0 Å². The van der Waals surface area contributed by atoms with Crippen molar-refractivity contribution in [2.45, 2.75) is 13.3 Å². The lowest BCUT2D eigenvalue weighted by Crippen LogP contribution is -2.42. The maximum absolute atomic E-state index is 12.2. The van der Waals surface area contributed by atoms with E-state index in [1.54, 1.807) is 37.3 Å². The van der Waals surface area contributed by atoms with Gasteiger partial charge in [0.1, 0.15) is 5.58 Å². The third-order valence-electron chi connectivity index (χ3n) is 4.12. The van der Waals surface area contributed by atoms with Gasteiger partial charge in [-0.1, -0.05) is 41.9 Å². The summed E-state index contributed by atoms with van der Waals surface area (Å²) >= 11 is 5.95. The van der Waals surface area contributed by atoms with Crippen LogP contribution >= 0.6 is 11.6 Å². The van der Waals surface area contributed by atoms with Gasteiger partial charge in [0.2, 0.25) is 5.91 Å². The molecule has 3 aromatic rings. The Kier molecular flexibility index (Phi) is 5.96. The molecule has 0 radical (unpaired) electrons. The number of hydrazine groups is 1. The first kappa shape index (κ1) is 19.4. The Bertz CT molecular complexity index is 1040. The number of benzene rings is 2. The first-order chi connectivity index (χ1) is 13.5. The van der Waals surface area contributed by atoms with E-state index in [0.717, 1.165) is 5.39 Å². The number of furan rings is 1. The van der Waals surface area contributed by atoms with Gasteiger partial charge in [-0.15, -0.1) is 0 Å². The van der Waals surface area contributed by atoms with Crippen molar-refractivity contribution in [3.63, 3.8) is 0 Å². The van der Waals surface area contributed by atoms with Crippen LogP contribution in [0.3, 0.4) is 0 Å². The van der Waals surface area contributed by atoms with Gasteiger partial charge in [0.15, 0.2) is 5.76 Å². The molecule has 0 saturated carbocycles. The second kappa shape index (κ2) is 8.58. The number of hydrogen-bond donors (Lipinski definition) is 3. The minimum absolute atomic E-state index is 0.0183. The molecule has 0 aliphatic rings. The highest BCUT2D eigenvalue weighted by atomic mass is 35.5. The van der Waals surface area contributed by atoms with Crippen molar-refractivity contribution in [1.29, 1.82) is 0 Å². The number of aryl methyl sites for hydroxylation is 1. The number of carbonyl (C=O) groups excluding carboxylic acids is 3. The summed E-state index contributed by atoms with van der Waals surface area (Å²) in [5.41, 5.74) is 6.23. The van der Waals surface area contributed by atoms with Gasteiger partial charge < -0.3 is 9.73 Å². The molecule has 1 heterocycles. The van der Waals surface area contributed by atoms with E-state index in [1.165, 1.54) is 0 Å². The van der Waals surface area contributed by atoms with Gasteiger partial charge in [-0.3, -0.25) is 25.2 Å². The van der Waals surface area contributed by atoms with Crippen LogP contribution in [0, 0.1) is 6.92 Å². The van der Waals surface area contributed by atoms with Crippen molar-refractivity contribution < 1.29 is 18.8 Å². The minimum atomic E-state index is -0.554. The molecule has 3 N–H and O–H groups in total. The van der Waals surface area contributed by atoms with Crippen LogP contribution < -0.4 is 16.2 Å². The van der Waals surface area contributed by atoms with Gasteiger partial charge in [0.25, 0.3) is 5.91 Å². The van der Waals surface area contributed by atoms with Crippen LogP contribution in [0.1, 0.15) is 32.9 Å². The molecule has 8 heteroatoms. The zero-order valence-electron chi connectivity index (χ0n) is 15.0. The molecule has 3 rings (SSSR count). The van der Waals surface area contributed by atoms with Crippen LogP contribution in [0.25, 0.3) is 11.0 Å². The molecule has 3 amide bonds.